The molecule has 0 saturated carbocycles. The summed E-state index contributed by atoms with van der Waals surface area (Å²) in [6.45, 7) is 1.50. The Bertz CT molecular complexity index is 498. The molecule has 2 rings (SSSR count). The zero-order valence-corrected chi connectivity index (χ0v) is 10.7. The molecule has 1 aromatic heterocycles. The van der Waals surface area contributed by atoms with E-state index in [2.05, 4.69) is 15.3 Å². The lowest BCUT2D eigenvalue weighted by molar-refractivity contribution is -0.131. The molecule has 102 valence electrons. The van der Waals surface area contributed by atoms with Gasteiger partial charge in [0.05, 0.1) is 6.04 Å². The van der Waals surface area contributed by atoms with Crippen molar-refractivity contribution in [1.82, 2.24) is 25.1 Å². The van der Waals surface area contributed by atoms with Crippen molar-refractivity contribution < 1.29 is 14.4 Å². The van der Waals surface area contributed by atoms with Crippen molar-refractivity contribution in [2.24, 2.45) is 0 Å². The third kappa shape index (κ3) is 2.72. The predicted molar refractivity (Wildman–Crippen MR) is 64.9 cm³/mol. The summed E-state index contributed by atoms with van der Waals surface area (Å²) in [5.74, 6) is -0.154. The molecule has 0 aliphatic carbocycles. The molecule has 2 heterocycles. The summed E-state index contributed by atoms with van der Waals surface area (Å²) < 4.78 is 0. The summed E-state index contributed by atoms with van der Waals surface area (Å²) in [5, 5.41) is 2.67. The van der Waals surface area contributed by atoms with Gasteiger partial charge in [0.25, 0.3) is 5.91 Å². The van der Waals surface area contributed by atoms with Crippen LogP contribution in [0.15, 0.2) is 12.4 Å². The first kappa shape index (κ1) is 13.1. The van der Waals surface area contributed by atoms with Gasteiger partial charge < -0.3 is 15.2 Å². The summed E-state index contributed by atoms with van der Waals surface area (Å²) in [6, 6.07) is -0.765. The molecule has 0 spiro atoms. The van der Waals surface area contributed by atoms with Crippen molar-refractivity contribution in [3.63, 3.8) is 0 Å². The molecule has 1 atom stereocenters. The number of hydrogen-bond acceptors (Lipinski definition) is 4. The first-order valence-corrected chi connectivity index (χ1v) is 5.83. The van der Waals surface area contributed by atoms with Crippen LogP contribution in [0.2, 0.25) is 0 Å². The molecule has 2 N–H and O–H groups in total. The van der Waals surface area contributed by atoms with E-state index in [0.29, 0.717) is 5.82 Å². The standard InChI is InChI=1S/C11H15N5O3/c1-7(10-12-3-4-13-10)14-8(17)5-16-9(18)6-15(2)11(16)19/h3-4,7H,5-6H2,1-2H3,(H,12,13)(H,14,17). The van der Waals surface area contributed by atoms with E-state index in [1.54, 1.807) is 19.3 Å². The maximum atomic E-state index is 11.8. The second kappa shape index (κ2) is 5.09. The number of H-pyrrole nitrogens is 1. The molecule has 1 unspecified atom stereocenters. The summed E-state index contributed by atoms with van der Waals surface area (Å²) in [6.07, 6.45) is 3.24. The van der Waals surface area contributed by atoms with Gasteiger partial charge in [0.15, 0.2) is 0 Å². The van der Waals surface area contributed by atoms with Gasteiger partial charge >= 0.3 is 6.03 Å². The minimum Gasteiger partial charge on any atom is -0.347 e. The monoisotopic (exact) mass is 265 g/mol. The van der Waals surface area contributed by atoms with Crippen molar-refractivity contribution in [1.29, 1.82) is 0 Å². The van der Waals surface area contributed by atoms with Crippen LogP contribution in [0.1, 0.15) is 18.8 Å². The van der Waals surface area contributed by atoms with Gasteiger partial charge in [0, 0.05) is 19.4 Å². The molecule has 0 radical (unpaired) electrons. The molecule has 19 heavy (non-hydrogen) atoms. The van der Waals surface area contributed by atoms with Crippen LogP contribution in [0, 0.1) is 0 Å². The van der Waals surface area contributed by atoms with Crippen molar-refractivity contribution in [3.05, 3.63) is 18.2 Å². The van der Waals surface area contributed by atoms with Gasteiger partial charge in [-0.05, 0) is 6.92 Å². The Kier molecular flexibility index (Phi) is 3.50. The molecule has 1 aliphatic rings. The summed E-state index contributed by atoms with van der Waals surface area (Å²) in [4.78, 5) is 44.0. The Morgan fingerprint density at radius 2 is 2.32 bits per heavy atom. The minimum absolute atomic E-state index is 0.0137. The van der Waals surface area contributed by atoms with E-state index in [1.165, 1.54) is 11.9 Å². The molecule has 8 heteroatoms. The molecular formula is C11H15N5O3. The van der Waals surface area contributed by atoms with Crippen LogP contribution in [-0.2, 0) is 9.59 Å². The van der Waals surface area contributed by atoms with E-state index in [0.717, 1.165) is 4.90 Å². The zero-order valence-electron chi connectivity index (χ0n) is 10.7. The molecule has 1 aliphatic heterocycles. The van der Waals surface area contributed by atoms with Crippen LogP contribution in [0.4, 0.5) is 4.79 Å². The van der Waals surface area contributed by atoms with Gasteiger partial charge in [-0.1, -0.05) is 0 Å². The number of imide groups is 1. The fourth-order valence-corrected chi connectivity index (χ4v) is 1.84. The second-order valence-corrected chi connectivity index (χ2v) is 4.38. The second-order valence-electron chi connectivity index (χ2n) is 4.38. The number of amides is 4. The topological polar surface area (TPSA) is 98.4 Å². The quantitative estimate of drug-likeness (QED) is 0.716. The minimum atomic E-state index is -0.453. The molecule has 4 amide bonds. The van der Waals surface area contributed by atoms with Crippen molar-refractivity contribution in [3.8, 4) is 0 Å². The molecule has 1 fully saturated rings. The number of hydrogen-bond donors (Lipinski definition) is 2. The average molecular weight is 265 g/mol. The van der Waals surface area contributed by atoms with Crippen LogP contribution < -0.4 is 5.32 Å². The fraction of sp³-hybridized carbons (Fsp3) is 0.455. The largest absolute Gasteiger partial charge is 0.347 e. The number of carbonyl (C=O) groups is 3. The summed E-state index contributed by atoms with van der Waals surface area (Å²) in [5.41, 5.74) is 0. The van der Waals surface area contributed by atoms with E-state index < -0.39 is 11.9 Å². The van der Waals surface area contributed by atoms with Crippen LogP contribution in [-0.4, -0.2) is 57.8 Å². The number of carbonyl (C=O) groups excluding carboxylic acids is 3. The van der Waals surface area contributed by atoms with Gasteiger partial charge in [-0.15, -0.1) is 0 Å². The number of nitrogens with one attached hydrogen (secondary N) is 2. The third-order valence-corrected chi connectivity index (χ3v) is 2.84. The average Bonchev–Trinajstić information content (AvgIpc) is 2.94. The first-order chi connectivity index (χ1) is 8.99. The lowest BCUT2D eigenvalue weighted by Crippen LogP contribution is -2.41. The van der Waals surface area contributed by atoms with Gasteiger partial charge in [-0.2, -0.15) is 0 Å². The highest BCUT2D eigenvalue weighted by Gasteiger charge is 2.34. The maximum Gasteiger partial charge on any atom is 0.327 e. The van der Waals surface area contributed by atoms with Gasteiger partial charge in [0.2, 0.25) is 5.91 Å². The Morgan fingerprint density at radius 1 is 1.58 bits per heavy atom. The third-order valence-electron chi connectivity index (χ3n) is 2.84. The first-order valence-electron chi connectivity index (χ1n) is 5.83. The fourth-order valence-electron chi connectivity index (χ4n) is 1.84. The normalized spacial score (nSPS) is 16.9. The maximum absolute atomic E-state index is 11.8. The van der Waals surface area contributed by atoms with Crippen LogP contribution in [0.3, 0.4) is 0 Å². The van der Waals surface area contributed by atoms with E-state index in [-0.39, 0.29) is 25.0 Å². The van der Waals surface area contributed by atoms with E-state index in [9.17, 15) is 14.4 Å². The number of urea groups is 1. The lowest BCUT2D eigenvalue weighted by atomic mass is 10.3. The van der Waals surface area contributed by atoms with Crippen LogP contribution >= 0.6 is 0 Å². The lowest BCUT2D eigenvalue weighted by Gasteiger charge is -2.16. The smallest absolute Gasteiger partial charge is 0.327 e. The van der Waals surface area contributed by atoms with Crippen molar-refractivity contribution in [2.45, 2.75) is 13.0 Å². The Hall–Kier alpha value is -2.38. The van der Waals surface area contributed by atoms with Crippen molar-refractivity contribution >= 4 is 17.8 Å². The Labute approximate surface area is 109 Å². The predicted octanol–water partition coefficient (Wildman–Crippen LogP) is -0.519. The van der Waals surface area contributed by atoms with E-state index in [4.69, 9.17) is 0 Å². The Morgan fingerprint density at radius 3 is 2.84 bits per heavy atom. The van der Waals surface area contributed by atoms with Gasteiger partial charge in [0.1, 0.15) is 18.9 Å². The highest BCUT2D eigenvalue weighted by atomic mass is 16.2. The van der Waals surface area contributed by atoms with E-state index in [1.807, 2.05) is 0 Å². The van der Waals surface area contributed by atoms with Crippen molar-refractivity contribution in [2.75, 3.05) is 20.1 Å². The molecular weight excluding hydrogens is 250 g/mol. The van der Waals surface area contributed by atoms with Gasteiger partial charge in [-0.3, -0.25) is 14.5 Å². The highest BCUT2D eigenvalue weighted by molar-refractivity contribution is 6.04. The number of likely N-dealkylation sites (N-methyl/N-ethyl adjacent to an activating group) is 1. The highest BCUT2D eigenvalue weighted by Crippen LogP contribution is 2.09. The number of aromatic nitrogens is 2. The van der Waals surface area contributed by atoms with Gasteiger partial charge in [-0.25, -0.2) is 9.78 Å². The van der Waals surface area contributed by atoms with E-state index >= 15 is 0 Å². The molecule has 1 saturated heterocycles. The molecule has 1 aromatic rings. The molecule has 0 aromatic carbocycles. The number of aromatic amines is 1. The Balaban J connectivity index is 1.91. The SMILES string of the molecule is CC(NC(=O)CN1C(=O)CN(C)C1=O)c1ncc[nH]1. The van der Waals surface area contributed by atoms with Crippen LogP contribution in [0.25, 0.3) is 0 Å². The summed E-state index contributed by atoms with van der Waals surface area (Å²) in [7, 11) is 1.52. The summed E-state index contributed by atoms with van der Waals surface area (Å²) >= 11 is 0. The number of nitrogens with zero attached hydrogens (tertiary/aromatic N) is 3. The number of imidazole rings is 1. The number of rotatable bonds is 4. The zero-order chi connectivity index (χ0) is 14.0. The molecule has 8 nitrogen and oxygen atoms in total. The molecule has 0 bridgehead atoms. The van der Waals surface area contributed by atoms with Crippen LogP contribution in [0.5, 0.6) is 0 Å².